The minimum absolute atomic E-state index is 0.0891. The maximum atomic E-state index is 11.5. The SMILES string of the molecule is O=C(CCBr)c1cccc(Cl)c1Br. The van der Waals surface area contributed by atoms with E-state index in [2.05, 4.69) is 31.9 Å². The van der Waals surface area contributed by atoms with E-state index in [1.807, 2.05) is 0 Å². The van der Waals surface area contributed by atoms with Gasteiger partial charge >= 0.3 is 0 Å². The number of rotatable bonds is 3. The molecule has 1 aromatic carbocycles. The van der Waals surface area contributed by atoms with Crippen LogP contribution in [-0.2, 0) is 0 Å². The molecule has 0 fully saturated rings. The topological polar surface area (TPSA) is 17.1 Å². The summed E-state index contributed by atoms with van der Waals surface area (Å²) in [4.78, 5) is 11.5. The predicted octanol–water partition coefficient (Wildman–Crippen LogP) is 4.07. The number of alkyl halides is 1. The number of halogens is 3. The molecule has 13 heavy (non-hydrogen) atoms. The van der Waals surface area contributed by atoms with Crippen molar-refractivity contribution in [3.8, 4) is 0 Å². The first kappa shape index (κ1) is 11.2. The molecule has 0 aliphatic rings. The first-order chi connectivity index (χ1) is 6.16. The zero-order chi connectivity index (χ0) is 9.84. The molecule has 0 atom stereocenters. The summed E-state index contributed by atoms with van der Waals surface area (Å²) in [6.45, 7) is 0. The van der Waals surface area contributed by atoms with Crippen LogP contribution in [-0.4, -0.2) is 11.1 Å². The van der Waals surface area contributed by atoms with Crippen molar-refractivity contribution in [1.29, 1.82) is 0 Å². The summed E-state index contributed by atoms with van der Waals surface area (Å²) in [6.07, 6.45) is 0.485. The fourth-order valence-electron chi connectivity index (χ4n) is 0.940. The van der Waals surface area contributed by atoms with E-state index < -0.39 is 0 Å². The van der Waals surface area contributed by atoms with E-state index >= 15 is 0 Å². The molecule has 0 bridgehead atoms. The fourth-order valence-corrected chi connectivity index (χ4v) is 1.96. The quantitative estimate of drug-likeness (QED) is 0.604. The summed E-state index contributed by atoms with van der Waals surface area (Å²) >= 11 is 12.4. The van der Waals surface area contributed by atoms with Crippen molar-refractivity contribution < 1.29 is 4.79 Å². The molecule has 1 aromatic rings. The first-order valence-electron chi connectivity index (χ1n) is 3.70. The van der Waals surface area contributed by atoms with Gasteiger partial charge in [0.1, 0.15) is 0 Å². The smallest absolute Gasteiger partial charge is 0.164 e. The Morgan fingerprint density at radius 2 is 2.15 bits per heavy atom. The number of carbonyl (C=O) groups is 1. The van der Waals surface area contributed by atoms with Gasteiger partial charge in [-0.3, -0.25) is 4.79 Å². The van der Waals surface area contributed by atoms with Crippen molar-refractivity contribution in [3.63, 3.8) is 0 Å². The average Bonchev–Trinajstić information content (AvgIpc) is 2.10. The van der Waals surface area contributed by atoms with Gasteiger partial charge in [0.05, 0.1) is 5.02 Å². The van der Waals surface area contributed by atoms with Gasteiger partial charge in [0.2, 0.25) is 0 Å². The van der Waals surface area contributed by atoms with Crippen LogP contribution >= 0.6 is 43.5 Å². The maximum Gasteiger partial charge on any atom is 0.164 e. The fraction of sp³-hybridized carbons (Fsp3) is 0.222. The standard InChI is InChI=1S/C9H7Br2ClO/c10-5-4-8(13)6-2-1-3-7(12)9(6)11/h1-3H,4-5H2. The minimum Gasteiger partial charge on any atom is -0.294 e. The molecule has 0 saturated carbocycles. The lowest BCUT2D eigenvalue weighted by molar-refractivity contribution is 0.0989. The monoisotopic (exact) mass is 324 g/mol. The normalized spacial score (nSPS) is 10.1. The number of Topliss-reactive ketones (excluding diaryl/α,β-unsaturated/α-hetero) is 1. The van der Waals surface area contributed by atoms with Gasteiger partial charge < -0.3 is 0 Å². The Balaban J connectivity index is 3.01. The van der Waals surface area contributed by atoms with Crippen LogP contribution in [0.25, 0.3) is 0 Å². The summed E-state index contributed by atoms with van der Waals surface area (Å²) in [5.41, 5.74) is 0.645. The maximum absolute atomic E-state index is 11.5. The van der Waals surface area contributed by atoms with E-state index in [0.717, 1.165) is 0 Å². The third kappa shape index (κ3) is 2.79. The van der Waals surface area contributed by atoms with E-state index in [9.17, 15) is 4.79 Å². The molecule has 4 heteroatoms. The molecule has 0 aliphatic carbocycles. The van der Waals surface area contributed by atoms with Crippen LogP contribution in [0.5, 0.6) is 0 Å². The highest BCUT2D eigenvalue weighted by Gasteiger charge is 2.10. The molecule has 0 amide bonds. The second-order valence-electron chi connectivity index (χ2n) is 2.46. The molecule has 0 N–H and O–H groups in total. The van der Waals surface area contributed by atoms with Crippen LogP contribution in [0.4, 0.5) is 0 Å². The molecular weight excluding hydrogens is 319 g/mol. The van der Waals surface area contributed by atoms with Gasteiger partial charge in [-0.25, -0.2) is 0 Å². The lowest BCUT2D eigenvalue weighted by Crippen LogP contribution is -2.00. The molecule has 0 saturated heterocycles. The van der Waals surface area contributed by atoms with Crippen LogP contribution in [0.2, 0.25) is 5.02 Å². The second kappa shape index (κ2) is 5.13. The Hall–Kier alpha value is 0.140. The minimum atomic E-state index is 0.0891. The van der Waals surface area contributed by atoms with Crippen molar-refractivity contribution in [3.05, 3.63) is 33.3 Å². The van der Waals surface area contributed by atoms with Crippen molar-refractivity contribution in [2.45, 2.75) is 6.42 Å². The van der Waals surface area contributed by atoms with Crippen LogP contribution in [0.1, 0.15) is 16.8 Å². The lowest BCUT2D eigenvalue weighted by atomic mass is 10.1. The first-order valence-corrected chi connectivity index (χ1v) is 5.99. The predicted molar refractivity (Wildman–Crippen MR) is 61.9 cm³/mol. The van der Waals surface area contributed by atoms with Crippen molar-refractivity contribution in [1.82, 2.24) is 0 Å². The number of carbonyl (C=O) groups excluding carboxylic acids is 1. The number of ketones is 1. The summed E-state index contributed by atoms with van der Waals surface area (Å²) in [5.74, 6) is 0.0891. The average molecular weight is 326 g/mol. The molecule has 0 radical (unpaired) electrons. The van der Waals surface area contributed by atoms with E-state index in [4.69, 9.17) is 11.6 Å². The zero-order valence-electron chi connectivity index (χ0n) is 6.69. The van der Waals surface area contributed by atoms with Gasteiger partial charge in [0, 0.05) is 21.8 Å². The number of hydrogen-bond donors (Lipinski definition) is 0. The Morgan fingerprint density at radius 3 is 2.77 bits per heavy atom. The summed E-state index contributed by atoms with van der Waals surface area (Å²) in [5, 5.41) is 1.24. The van der Waals surface area contributed by atoms with E-state index in [0.29, 0.717) is 26.8 Å². The van der Waals surface area contributed by atoms with E-state index in [-0.39, 0.29) is 5.78 Å². The molecule has 1 rings (SSSR count). The van der Waals surface area contributed by atoms with Crippen molar-refractivity contribution in [2.24, 2.45) is 0 Å². The molecule has 70 valence electrons. The van der Waals surface area contributed by atoms with Crippen molar-refractivity contribution >= 4 is 49.2 Å². The van der Waals surface area contributed by atoms with Crippen LogP contribution < -0.4 is 0 Å². The molecule has 0 heterocycles. The molecular formula is C9H7Br2ClO. The Bertz CT molecular complexity index is 325. The van der Waals surface area contributed by atoms with Gasteiger partial charge in [0.15, 0.2) is 5.78 Å². The molecule has 1 nitrogen and oxygen atoms in total. The summed E-state index contributed by atoms with van der Waals surface area (Å²) < 4.78 is 0.683. The number of hydrogen-bond acceptors (Lipinski definition) is 1. The van der Waals surface area contributed by atoms with Gasteiger partial charge in [-0.1, -0.05) is 39.7 Å². The zero-order valence-corrected chi connectivity index (χ0v) is 10.6. The highest BCUT2D eigenvalue weighted by Crippen LogP contribution is 2.26. The molecule has 0 aliphatic heterocycles. The van der Waals surface area contributed by atoms with Gasteiger partial charge in [-0.2, -0.15) is 0 Å². The van der Waals surface area contributed by atoms with Crippen molar-refractivity contribution in [2.75, 3.05) is 5.33 Å². The van der Waals surface area contributed by atoms with E-state index in [1.165, 1.54) is 0 Å². The highest BCUT2D eigenvalue weighted by atomic mass is 79.9. The Kier molecular flexibility index (Phi) is 4.42. The molecule has 0 unspecified atom stereocenters. The van der Waals surface area contributed by atoms with Gasteiger partial charge in [-0.15, -0.1) is 0 Å². The second-order valence-corrected chi connectivity index (χ2v) is 4.46. The summed E-state index contributed by atoms with van der Waals surface area (Å²) in [7, 11) is 0. The van der Waals surface area contributed by atoms with Crippen LogP contribution in [0.15, 0.2) is 22.7 Å². The molecule has 0 aromatic heterocycles. The van der Waals surface area contributed by atoms with Crippen LogP contribution in [0.3, 0.4) is 0 Å². The highest BCUT2D eigenvalue weighted by molar-refractivity contribution is 9.10. The molecule has 0 spiro atoms. The Labute approximate surface area is 98.7 Å². The largest absolute Gasteiger partial charge is 0.294 e. The number of benzene rings is 1. The third-order valence-electron chi connectivity index (χ3n) is 1.57. The lowest BCUT2D eigenvalue weighted by Gasteiger charge is -2.03. The third-order valence-corrected chi connectivity index (χ3v) is 3.37. The van der Waals surface area contributed by atoms with Gasteiger partial charge in [0.25, 0.3) is 0 Å². The van der Waals surface area contributed by atoms with E-state index in [1.54, 1.807) is 18.2 Å². The Morgan fingerprint density at radius 1 is 1.46 bits per heavy atom. The van der Waals surface area contributed by atoms with Gasteiger partial charge in [-0.05, 0) is 22.0 Å². The van der Waals surface area contributed by atoms with Crippen LogP contribution in [0, 0.1) is 0 Å². The summed E-state index contributed by atoms with van der Waals surface area (Å²) in [6, 6.07) is 5.28.